The molecule has 0 aliphatic heterocycles. The van der Waals surface area contributed by atoms with Gasteiger partial charge >= 0.3 is 6.09 Å². The van der Waals surface area contributed by atoms with Gasteiger partial charge in [0, 0.05) is 5.56 Å². The van der Waals surface area contributed by atoms with Gasteiger partial charge in [0.05, 0.1) is 23.6 Å². The van der Waals surface area contributed by atoms with E-state index in [1.807, 2.05) is 24.3 Å². The summed E-state index contributed by atoms with van der Waals surface area (Å²) >= 11 is 6.05. The summed E-state index contributed by atoms with van der Waals surface area (Å²) in [5.41, 5.74) is 1.45. The van der Waals surface area contributed by atoms with Gasteiger partial charge in [0.15, 0.2) is 0 Å². The molecule has 124 valence electrons. The van der Waals surface area contributed by atoms with Crippen LogP contribution in [0.1, 0.15) is 23.7 Å². The second kappa shape index (κ2) is 8.18. The summed E-state index contributed by atoms with van der Waals surface area (Å²) < 4.78 is 10.6. The van der Waals surface area contributed by atoms with Crippen molar-refractivity contribution in [3.8, 4) is 11.8 Å². The first-order valence-electron chi connectivity index (χ1n) is 7.27. The molecule has 1 N–H and O–H groups in total. The van der Waals surface area contributed by atoms with Gasteiger partial charge in [0.25, 0.3) is 0 Å². The van der Waals surface area contributed by atoms with Crippen molar-refractivity contribution in [1.29, 1.82) is 5.26 Å². The molecule has 0 saturated heterocycles. The van der Waals surface area contributed by atoms with Crippen molar-refractivity contribution in [2.75, 3.05) is 11.9 Å². The number of hydrogen-bond acceptors (Lipinski definition) is 5. The van der Waals surface area contributed by atoms with E-state index in [0.29, 0.717) is 22.7 Å². The number of hydrogen-bond donors (Lipinski definition) is 1. The first-order valence-corrected chi connectivity index (χ1v) is 7.65. The Morgan fingerprint density at radius 1 is 1.38 bits per heavy atom. The van der Waals surface area contributed by atoms with Crippen LogP contribution >= 0.6 is 11.6 Å². The van der Waals surface area contributed by atoms with Crippen molar-refractivity contribution >= 4 is 23.4 Å². The topological polar surface area (TPSA) is 84.2 Å². The number of nitriles is 1. The molecule has 1 heterocycles. The fourth-order valence-corrected chi connectivity index (χ4v) is 2.38. The molecule has 0 radical (unpaired) electrons. The van der Waals surface area contributed by atoms with E-state index in [9.17, 15) is 10.1 Å². The lowest BCUT2D eigenvalue weighted by atomic mass is 10.1. The van der Waals surface area contributed by atoms with E-state index in [2.05, 4.69) is 10.3 Å². The van der Waals surface area contributed by atoms with Crippen LogP contribution in [0.25, 0.3) is 0 Å². The summed E-state index contributed by atoms with van der Waals surface area (Å²) in [6, 6.07) is 11.1. The van der Waals surface area contributed by atoms with E-state index in [1.54, 1.807) is 26.0 Å². The lowest BCUT2D eigenvalue weighted by molar-refractivity contribution is 0.168. The molecule has 0 bridgehead atoms. The Hall–Kier alpha value is -2.78. The first-order chi connectivity index (χ1) is 11.6. The molecule has 0 aliphatic carbocycles. The van der Waals surface area contributed by atoms with Crippen molar-refractivity contribution in [2.45, 2.75) is 20.5 Å². The molecule has 7 heteroatoms. The summed E-state index contributed by atoms with van der Waals surface area (Å²) in [5.74, 6) is 0.633. The Morgan fingerprint density at radius 3 is 2.71 bits per heavy atom. The monoisotopic (exact) mass is 345 g/mol. The van der Waals surface area contributed by atoms with Crippen LogP contribution in [0.5, 0.6) is 5.75 Å². The van der Waals surface area contributed by atoms with E-state index in [-0.39, 0.29) is 23.9 Å². The zero-order chi connectivity index (χ0) is 17.5. The summed E-state index contributed by atoms with van der Waals surface area (Å²) in [4.78, 5) is 15.8. The average molecular weight is 346 g/mol. The van der Waals surface area contributed by atoms with E-state index >= 15 is 0 Å². The van der Waals surface area contributed by atoms with Crippen molar-refractivity contribution in [1.82, 2.24) is 4.98 Å². The maximum Gasteiger partial charge on any atom is 0.411 e. The Bertz CT molecular complexity index is 773. The lowest BCUT2D eigenvalue weighted by Crippen LogP contribution is -2.18. The lowest BCUT2D eigenvalue weighted by Gasteiger charge is -2.16. The zero-order valence-corrected chi connectivity index (χ0v) is 14.1. The Kier molecular flexibility index (Phi) is 5.99. The van der Waals surface area contributed by atoms with E-state index in [0.717, 1.165) is 0 Å². The standard InChI is InChI=1S/C17H16ClN3O3/c1-3-23-17(22)21-15-11(2)20-16(18)13(9-19)14(15)10-24-12-7-5-4-6-8-12/h4-8H,3,10H2,1-2H3,(H,21,22). The number of halogens is 1. The maximum atomic E-state index is 11.8. The van der Waals surface area contributed by atoms with Crippen LogP contribution < -0.4 is 10.1 Å². The second-order valence-corrected chi connectivity index (χ2v) is 5.13. The molecule has 0 aliphatic rings. The van der Waals surface area contributed by atoms with Crippen molar-refractivity contribution < 1.29 is 14.3 Å². The van der Waals surface area contributed by atoms with Crippen molar-refractivity contribution in [3.63, 3.8) is 0 Å². The SMILES string of the molecule is CCOC(=O)Nc1c(C)nc(Cl)c(C#N)c1COc1ccccc1. The highest BCUT2D eigenvalue weighted by molar-refractivity contribution is 6.30. The van der Waals surface area contributed by atoms with Gasteiger partial charge < -0.3 is 9.47 Å². The molecule has 0 atom stereocenters. The smallest absolute Gasteiger partial charge is 0.411 e. The molecule has 0 saturated carbocycles. The number of aromatic nitrogens is 1. The molecule has 1 aromatic heterocycles. The van der Waals surface area contributed by atoms with E-state index < -0.39 is 6.09 Å². The number of ether oxygens (including phenoxy) is 2. The summed E-state index contributed by atoms with van der Waals surface area (Å²) in [7, 11) is 0. The third-order valence-electron chi connectivity index (χ3n) is 3.18. The molecule has 0 unspecified atom stereocenters. The fourth-order valence-electron chi connectivity index (χ4n) is 2.09. The van der Waals surface area contributed by atoms with Crippen LogP contribution in [0.4, 0.5) is 10.5 Å². The molecule has 0 spiro atoms. The second-order valence-electron chi connectivity index (χ2n) is 4.78. The molecule has 0 fully saturated rings. The minimum Gasteiger partial charge on any atom is -0.489 e. The summed E-state index contributed by atoms with van der Waals surface area (Å²) in [5, 5.41) is 12.0. The third kappa shape index (κ3) is 4.15. The number of pyridine rings is 1. The van der Waals surface area contributed by atoms with Crippen LogP contribution in [0.2, 0.25) is 5.15 Å². The molecular formula is C17H16ClN3O3. The van der Waals surface area contributed by atoms with Gasteiger partial charge in [-0.1, -0.05) is 29.8 Å². The van der Waals surface area contributed by atoms with Gasteiger partial charge in [-0.25, -0.2) is 9.78 Å². The number of carbonyl (C=O) groups is 1. The van der Waals surface area contributed by atoms with Crippen LogP contribution in [0.15, 0.2) is 30.3 Å². The highest BCUT2D eigenvalue weighted by Crippen LogP contribution is 2.29. The number of aryl methyl sites for hydroxylation is 1. The fraction of sp³-hybridized carbons (Fsp3) is 0.235. The molecule has 6 nitrogen and oxygen atoms in total. The largest absolute Gasteiger partial charge is 0.489 e. The molecule has 1 amide bonds. The Morgan fingerprint density at radius 2 is 2.08 bits per heavy atom. The molecule has 1 aromatic carbocycles. The maximum absolute atomic E-state index is 11.8. The van der Waals surface area contributed by atoms with Gasteiger partial charge in [-0.3, -0.25) is 5.32 Å². The number of nitrogens with one attached hydrogen (secondary N) is 1. The van der Waals surface area contributed by atoms with Gasteiger partial charge in [0.2, 0.25) is 0 Å². The Labute approximate surface area is 145 Å². The van der Waals surface area contributed by atoms with E-state index in [4.69, 9.17) is 21.1 Å². The van der Waals surface area contributed by atoms with Crippen LogP contribution in [0.3, 0.4) is 0 Å². The third-order valence-corrected chi connectivity index (χ3v) is 3.45. The number of nitrogens with zero attached hydrogens (tertiary/aromatic N) is 2. The van der Waals surface area contributed by atoms with Crippen LogP contribution in [0, 0.1) is 18.3 Å². The highest BCUT2D eigenvalue weighted by Gasteiger charge is 2.19. The summed E-state index contributed by atoms with van der Waals surface area (Å²) in [6.45, 7) is 3.66. The predicted molar refractivity (Wildman–Crippen MR) is 90.1 cm³/mol. The predicted octanol–water partition coefficient (Wildman–Crippen LogP) is 4.06. The quantitative estimate of drug-likeness (QED) is 0.826. The molecular weight excluding hydrogens is 330 g/mol. The van der Waals surface area contributed by atoms with Crippen molar-refractivity contribution in [2.24, 2.45) is 0 Å². The highest BCUT2D eigenvalue weighted by atomic mass is 35.5. The number of amides is 1. The zero-order valence-electron chi connectivity index (χ0n) is 13.3. The first kappa shape index (κ1) is 17.6. The van der Waals surface area contributed by atoms with Crippen LogP contribution in [-0.4, -0.2) is 17.7 Å². The average Bonchev–Trinajstić information content (AvgIpc) is 2.57. The number of para-hydroxylation sites is 1. The normalized spacial score (nSPS) is 9.92. The number of carbonyl (C=O) groups excluding carboxylic acids is 1. The minimum absolute atomic E-state index is 0.0533. The van der Waals surface area contributed by atoms with Crippen molar-refractivity contribution in [3.05, 3.63) is 52.3 Å². The van der Waals surface area contributed by atoms with Crippen LogP contribution in [-0.2, 0) is 11.3 Å². The Balaban J connectivity index is 2.38. The number of anilines is 1. The van der Waals surface area contributed by atoms with Gasteiger partial charge in [0.1, 0.15) is 23.6 Å². The minimum atomic E-state index is -0.630. The summed E-state index contributed by atoms with van der Waals surface area (Å²) in [6.07, 6.45) is -0.630. The number of benzene rings is 1. The number of rotatable bonds is 5. The molecule has 24 heavy (non-hydrogen) atoms. The van der Waals surface area contributed by atoms with Gasteiger partial charge in [-0.2, -0.15) is 5.26 Å². The van der Waals surface area contributed by atoms with Gasteiger partial charge in [-0.15, -0.1) is 0 Å². The van der Waals surface area contributed by atoms with E-state index in [1.165, 1.54) is 0 Å². The molecule has 2 rings (SSSR count). The molecule has 2 aromatic rings. The van der Waals surface area contributed by atoms with Gasteiger partial charge in [-0.05, 0) is 26.0 Å².